The molecule has 2 heterocycles. The van der Waals surface area contributed by atoms with Crippen molar-refractivity contribution < 1.29 is 9.90 Å². The second-order valence-electron chi connectivity index (χ2n) is 5.19. The first kappa shape index (κ1) is 14.9. The Morgan fingerprint density at radius 2 is 1.96 bits per heavy atom. The van der Waals surface area contributed by atoms with Crippen LogP contribution in [0.1, 0.15) is 28.5 Å². The Hall–Kier alpha value is -3.02. The number of pyridine rings is 1. The standard InChI is InChI=1S/C17H16N4O2/c1-3-12-4-6-14(7-5-12)19-20-16-11(2)18-15-10-13(17(22)23)8-9-21(15)16/h4-10H,3H2,1-2H3,(H,22,23). The maximum absolute atomic E-state index is 11.0. The highest BCUT2D eigenvalue weighted by molar-refractivity contribution is 5.88. The van der Waals surface area contributed by atoms with Crippen LogP contribution in [0.4, 0.5) is 11.5 Å². The number of nitrogens with zero attached hydrogens (tertiary/aromatic N) is 4. The molecular formula is C17H16N4O2. The lowest BCUT2D eigenvalue weighted by atomic mass is 10.2. The van der Waals surface area contributed by atoms with Crippen LogP contribution in [0.2, 0.25) is 0 Å². The molecule has 116 valence electrons. The fourth-order valence-electron chi connectivity index (χ4n) is 2.31. The number of carboxylic acid groups (broad SMARTS) is 1. The molecule has 2 aromatic heterocycles. The molecule has 1 N–H and O–H groups in total. The number of carboxylic acids is 1. The quantitative estimate of drug-likeness (QED) is 0.729. The third-order valence-corrected chi connectivity index (χ3v) is 3.62. The lowest BCUT2D eigenvalue weighted by Gasteiger charge is -1.99. The minimum atomic E-state index is -0.979. The third-order valence-electron chi connectivity index (χ3n) is 3.62. The lowest BCUT2D eigenvalue weighted by molar-refractivity contribution is 0.0697. The van der Waals surface area contributed by atoms with Gasteiger partial charge < -0.3 is 5.11 Å². The molecule has 6 heteroatoms. The summed E-state index contributed by atoms with van der Waals surface area (Å²) in [6.45, 7) is 3.92. The van der Waals surface area contributed by atoms with Gasteiger partial charge in [-0.1, -0.05) is 19.1 Å². The summed E-state index contributed by atoms with van der Waals surface area (Å²) in [4.78, 5) is 15.4. The van der Waals surface area contributed by atoms with Gasteiger partial charge in [0.2, 0.25) is 0 Å². The number of aryl methyl sites for hydroxylation is 2. The molecular weight excluding hydrogens is 292 g/mol. The number of aromatic carboxylic acids is 1. The largest absolute Gasteiger partial charge is 0.478 e. The van der Waals surface area contributed by atoms with Crippen molar-refractivity contribution in [3.63, 3.8) is 0 Å². The van der Waals surface area contributed by atoms with Gasteiger partial charge in [-0.25, -0.2) is 9.78 Å². The predicted molar refractivity (Wildman–Crippen MR) is 86.9 cm³/mol. The summed E-state index contributed by atoms with van der Waals surface area (Å²) in [5.74, 6) is -0.385. The molecule has 3 aromatic rings. The van der Waals surface area contributed by atoms with E-state index in [0.29, 0.717) is 17.2 Å². The highest BCUT2D eigenvalue weighted by Crippen LogP contribution is 2.24. The Balaban J connectivity index is 1.97. The molecule has 0 unspecified atom stereocenters. The van der Waals surface area contributed by atoms with E-state index in [0.717, 1.165) is 12.1 Å². The minimum Gasteiger partial charge on any atom is -0.478 e. The molecule has 0 aliphatic rings. The Bertz CT molecular complexity index is 895. The first-order valence-electron chi connectivity index (χ1n) is 7.31. The van der Waals surface area contributed by atoms with Gasteiger partial charge >= 0.3 is 5.97 Å². The summed E-state index contributed by atoms with van der Waals surface area (Å²) in [5, 5.41) is 17.5. The third kappa shape index (κ3) is 2.96. The van der Waals surface area contributed by atoms with E-state index in [1.54, 1.807) is 10.6 Å². The fraction of sp³-hybridized carbons (Fsp3) is 0.176. The number of hydrogen-bond acceptors (Lipinski definition) is 4. The number of aromatic nitrogens is 2. The van der Waals surface area contributed by atoms with E-state index in [2.05, 4.69) is 22.1 Å². The Kier molecular flexibility index (Phi) is 3.89. The van der Waals surface area contributed by atoms with E-state index in [1.807, 2.05) is 31.2 Å². The molecule has 0 spiro atoms. The van der Waals surface area contributed by atoms with Crippen molar-refractivity contribution in [2.75, 3.05) is 0 Å². The van der Waals surface area contributed by atoms with Crippen LogP contribution in [-0.4, -0.2) is 20.5 Å². The van der Waals surface area contributed by atoms with Crippen LogP contribution in [0.15, 0.2) is 52.8 Å². The van der Waals surface area contributed by atoms with Crippen molar-refractivity contribution >= 4 is 23.1 Å². The van der Waals surface area contributed by atoms with Crippen molar-refractivity contribution in [3.8, 4) is 0 Å². The van der Waals surface area contributed by atoms with E-state index >= 15 is 0 Å². The maximum Gasteiger partial charge on any atom is 0.335 e. The van der Waals surface area contributed by atoms with Gasteiger partial charge in [0, 0.05) is 6.20 Å². The topological polar surface area (TPSA) is 79.3 Å². The molecule has 23 heavy (non-hydrogen) atoms. The van der Waals surface area contributed by atoms with Gasteiger partial charge in [0.05, 0.1) is 16.9 Å². The number of imidazole rings is 1. The smallest absolute Gasteiger partial charge is 0.335 e. The molecule has 0 atom stereocenters. The molecule has 0 radical (unpaired) electrons. The summed E-state index contributed by atoms with van der Waals surface area (Å²) in [5.41, 5.74) is 3.44. The zero-order valence-corrected chi connectivity index (χ0v) is 12.9. The lowest BCUT2D eigenvalue weighted by Crippen LogP contribution is -1.97. The zero-order valence-electron chi connectivity index (χ0n) is 12.9. The molecule has 0 saturated heterocycles. The Morgan fingerprint density at radius 1 is 1.22 bits per heavy atom. The summed E-state index contributed by atoms with van der Waals surface area (Å²) in [7, 11) is 0. The van der Waals surface area contributed by atoms with Gasteiger partial charge in [-0.05, 0) is 43.2 Å². The molecule has 3 rings (SSSR count). The summed E-state index contributed by atoms with van der Waals surface area (Å²) in [6.07, 6.45) is 2.63. The molecule has 6 nitrogen and oxygen atoms in total. The van der Waals surface area contributed by atoms with Crippen molar-refractivity contribution in [2.24, 2.45) is 10.2 Å². The van der Waals surface area contributed by atoms with E-state index in [-0.39, 0.29) is 5.56 Å². The normalized spacial score (nSPS) is 11.4. The fourth-order valence-corrected chi connectivity index (χ4v) is 2.31. The number of rotatable bonds is 4. The van der Waals surface area contributed by atoms with Crippen LogP contribution in [0, 0.1) is 6.92 Å². The van der Waals surface area contributed by atoms with Gasteiger partial charge in [-0.15, -0.1) is 10.2 Å². The van der Waals surface area contributed by atoms with Crippen molar-refractivity contribution in [3.05, 3.63) is 59.4 Å². The van der Waals surface area contributed by atoms with Gasteiger partial charge in [0.1, 0.15) is 5.65 Å². The summed E-state index contributed by atoms with van der Waals surface area (Å²) in [6, 6.07) is 10.9. The highest BCUT2D eigenvalue weighted by Gasteiger charge is 2.11. The molecule has 0 fully saturated rings. The Labute approximate surface area is 133 Å². The second-order valence-corrected chi connectivity index (χ2v) is 5.19. The Morgan fingerprint density at radius 3 is 2.61 bits per heavy atom. The SMILES string of the molecule is CCc1ccc(N=Nc2c(C)nc3cc(C(=O)O)ccn23)cc1. The van der Waals surface area contributed by atoms with Gasteiger partial charge in [-0.3, -0.25) is 4.40 Å². The average molecular weight is 308 g/mol. The van der Waals surface area contributed by atoms with Gasteiger partial charge in [0.15, 0.2) is 5.82 Å². The number of benzene rings is 1. The van der Waals surface area contributed by atoms with E-state index < -0.39 is 5.97 Å². The molecule has 0 aliphatic carbocycles. The first-order valence-corrected chi connectivity index (χ1v) is 7.31. The van der Waals surface area contributed by atoms with Crippen molar-refractivity contribution in [1.29, 1.82) is 0 Å². The van der Waals surface area contributed by atoms with Crippen LogP contribution in [0.25, 0.3) is 5.65 Å². The summed E-state index contributed by atoms with van der Waals surface area (Å²) < 4.78 is 1.73. The number of carbonyl (C=O) groups is 1. The van der Waals surface area contributed by atoms with Crippen LogP contribution in [0.3, 0.4) is 0 Å². The van der Waals surface area contributed by atoms with Crippen LogP contribution < -0.4 is 0 Å². The van der Waals surface area contributed by atoms with Crippen LogP contribution >= 0.6 is 0 Å². The highest BCUT2D eigenvalue weighted by atomic mass is 16.4. The van der Waals surface area contributed by atoms with Crippen LogP contribution in [-0.2, 0) is 6.42 Å². The predicted octanol–water partition coefficient (Wildman–Crippen LogP) is 4.32. The molecule has 0 amide bonds. The second kappa shape index (κ2) is 6.00. The monoisotopic (exact) mass is 308 g/mol. The van der Waals surface area contributed by atoms with Crippen molar-refractivity contribution in [2.45, 2.75) is 20.3 Å². The van der Waals surface area contributed by atoms with E-state index in [1.165, 1.54) is 17.7 Å². The molecule has 0 saturated carbocycles. The molecule has 0 bridgehead atoms. The number of fused-ring (bicyclic) bond motifs is 1. The van der Waals surface area contributed by atoms with Gasteiger partial charge in [0.25, 0.3) is 0 Å². The average Bonchev–Trinajstić information content (AvgIpc) is 2.87. The van der Waals surface area contributed by atoms with Gasteiger partial charge in [-0.2, -0.15) is 0 Å². The number of azo groups is 1. The zero-order chi connectivity index (χ0) is 16.4. The van der Waals surface area contributed by atoms with Crippen LogP contribution in [0.5, 0.6) is 0 Å². The first-order chi connectivity index (χ1) is 11.1. The van der Waals surface area contributed by atoms with E-state index in [4.69, 9.17) is 5.11 Å². The number of hydrogen-bond donors (Lipinski definition) is 1. The van der Waals surface area contributed by atoms with Crippen molar-refractivity contribution in [1.82, 2.24) is 9.38 Å². The molecule has 0 aliphatic heterocycles. The maximum atomic E-state index is 11.0. The summed E-state index contributed by atoms with van der Waals surface area (Å²) >= 11 is 0. The van der Waals surface area contributed by atoms with E-state index in [9.17, 15) is 4.79 Å². The minimum absolute atomic E-state index is 0.196. The molecule has 1 aromatic carbocycles.